The number of methoxy groups -OCH3 is 1. The van der Waals surface area contributed by atoms with Gasteiger partial charge in [0.2, 0.25) is 0 Å². The number of carboxylic acids is 1. The molecule has 0 aromatic heterocycles. The van der Waals surface area contributed by atoms with Crippen LogP contribution in [0.25, 0.3) is 0 Å². The van der Waals surface area contributed by atoms with Crippen molar-refractivity contribution in [2.75, 3.05) is 20.3 Å². The first-order valence-corrected chi connectivity index (χ1v) is 5.54. The Morgan fingerprint density at radius 2 is 2.00 bits per heavy atom. The highest BCUT2D eigenvalue weighted by Crippen LogP contribution is 2.09. The fourth-order valence-electron chi connectivity index (χ4n) is 1.21. The molecule has 0 aliphatic carbocycles. The lowest BCUT2D eigenvalue weighted by atomic mass is 10.3. The molecule has 1 rings (SSSR count). The first-order valence-electron chi connectivity index (χ1n) is 5.54. The third-order valence-corrected chi connectivity index (χ3v) is 2.10. The molecule has 0 atom stereocenters. The van der Waals surface area contributed by atoms with Gasteiger partial charge in [0.15, 0.2) is 0 Å². The van der Waals surface area contributed by atoms with Gasteiger partial charge in [0.1, 0.15) is 18.9 Å². The number of ether oxygens (including phenoxy) is 2. The van der Waals surface area contributed by atoms with Crippen LogP contribution in [0.3, 0.4) is 0 Å². The van der Waals surface area contributed by atoms with Crippen molar-refractivity contribution in [3.05, 3.63) is 42.1 Å². The average molecular weight is 265 g/mol. The molecule has 102 valence electrons. The highest BCUT2D eigenvalue weighted by molar-refractivity contribution is 5.82. The molecule has 0 aliphatic rings. The van der Waals surface area contributed by atoms with Gasteiger partial charge in [-0.2, -0.15) is 0 Å². The summed E-state index contributed by atoms with van der Waals surface area (Å²) in [5.41, 5.74) is 0.332. The number of benzene rings is 1. The minimum Gasteiger partial charge on any atom is -0.487 e. The number of aliphatic carboxylic acids is 1. The predicted molar refractivity (Wildman–Crippen MR) is 67.7 cm³/mol. The molecule has 0 bridgehead atoms. The first-order chi connectivity index (χ1) is 9.11. The first kappa shape index (κ1) is 14.6. The van der Waals surface area contributed by atoms with E-state index < -0.39 is 11.9 Å². The zero-order valence-corrected chi connectivity index (χ0v) is 10.5. The maximum absolute atomic E-state index is 11.1. The van der Waals surface area contributed by atoms with Crippen molar-refractivity contribution in [2.45, 2.75) is 0 Å². The molecule has 1 aromatic rings. The van der Waals surface area contributed by atoms with Gasteiger partial charge in [0, 0.05) is 6.08 Å². The number of carbonyl (C=O) groups excluding carboxylic acids is 1. The largest absolute Gasteiger partial charge is 0.487 e. The van der Waals surface area contributed by atoms with Crippen LogP contribution in [0.5, 0.6) is 5.75 Å². The van der Waals surface area contributed by atoms with E-state index in [1.165, 1.54) is 7.11 Å². The van der Waals surface area contributed by atoms with Crippen LogP contribution in [0.1, 0.15) is 0 Å². The second-order valence-corrected chi connectivity index (χ2v) is 3.54. The number of rotatable bonds is 7. The van der Waals surface area contributed by atoms with Crippen molar-refractivity contribution in [1.82, 2.24) is 5.32 Å². The van der Waals surface area contributed by atoms with Crippen LogP contribution in [0.4, 0.5) is 0 Å². The van der Waals surface area contributed by atoms with Gasteiger partial charge in [-0.25, -0.2) is 4.79 Å². The maximum atomic E-state index is 11.1. The summed E-state index contributed by atoms with van der Waals surface area (Å²) in [7, 11) is 1.24. The van der Waals surface area contributed by atoms with Crippen LogP contribution in [-0.2, 0) is 14.3 Å². The third-order valence-electron chi connectivity index (χ3n) is 2.10. The summed E-state index contributed by atoms with van der Waals surface area (Å²) in [6, 6.07) is 8.98. The smallest absolute Gasteiger partial charge is 0.332 e. The highest BCUT2D eigenvalue weighted by atomic mass is 16.5. The van der Waals surface area contributed by atoms with E-state index in [4.69, 9.17) is 9.84 Å². The standard InChI is InChI=1S/C13H15NO5/c1-18-13(17)7-10(14-8-12(15)16)9-19-11-5-3-2-4-6-11/h2-7,14H,8-9H2,1H3,(H,15,16)/b10-7-. The zero-order valence-electron chi connectivity index (χ0n) is 10.5. The van der Waals surface area contributed by atoms with Gasteiger partial charge >= 0.3 is 11.9 Å². The molecular weight excluding hydrogens is 250 g/mol. The molecule has 0 heterocycles. The van der Waals surface area contributed by atoms with E-state index >= 15 is 0 Å². The van der Waals surface area contributed by atoms with Crippen molar-refractivity contribution in [3.8, 4) is 5.75 Å². The Kier molecular flexibility index (Phi) is 5.94. The van der Waals surface area contributed by atoms with Crippen molar-refractivity contribution >= 4 is 11.9 Å². The van der Waals surface area contributed by atoms with Crippen LogP contribution in [0, 0.1) is 0 Å². The van der Waals surface area contributed by atoms with Crippen molar-refractivity contribution in [2.24, 2.45) is 0 Å². The van der Waals surface area contributed by atoms with Gasteiger partial charge in [-0.15, -0.1) is 0 Å². The molecule has 0 aliphatic heterocycles. The molecule has 6 heteroatoms. The Morgan fingerprint density at radius 1 is 1.32 bits per heavy atom. The lowest BCUT2D eigenvalue weighted by Gasteiger charge is -2.10. The number of nitrogens with one attached hydrogen (secondary N) is 1. The van der Waals surface area contributed by atoms with Crippen LogP contribution in [0.2, 0.25) is 0 Å². The minimum absolute atomic E-state index is 0.0480. The van der Waals surface area contributed by atoms with Crippen molar-refractivity contribution in [3.63, 3.8) is 0 Å². The molecule has 0 fully saturated rings. The number of hydrogen-bond acceptors (Lipinski definition) is 5. The van der Waals surface area contributed by atoms with E-state index in [2.05, 4.69) is 10.1 Å². The molecular formula is C13H15NO5. The van der Waals surface area contributed by atoms with Crippen LogP contribution in [-0.4, -0.2) is 37.3 Å². The summed E-state index contributed by atoms with van der Waals surface area (Å²) in [4.78, 5) is 21.6. The van der Waals surface area contributed by atoms with Crippen molar-refractivity contribution < 1.29 is 24.2 Å². The second kappa shape index (κ2) is 7.75. The van der Waals surface area contributed by atoms with E-state index in [0.717, 1.165) is 6.08 Å². The Balaban J connectivity index is 2.61. The molecule has 1 aromatic carbocycles. The van der Waals surface area contributed by atoms with E-state index in [9.17, 15) is 9.59 Å². The molecule has 0 radical (unpaired) electrons. The quantitative estimate of drug-likeness (QED) is 0.560. The highest BCUT2D eigenvalue weighted by Gasteiger charge is 2.05. The second-order valence-electron chi connectivity index (χ2n) is 3.54. The summed E-state index contributed by atoms with van der Waals surface area (Å²) in [5.74, 6) is -0.990. The number of carbonyl (C=O) groups is 2. The van der Waals surface area contributed by atoms with E-state index in [-0.39, 0.29) is 13.2 Å². The Labute approximate surface area is 110 Å². The fourth-order valence-corrected chi connectivity index (χ4v) is 1.21. The molecule has 2 N–H and O–H groups in total. The van der Waals surface area contributed by atoms with Crippen LogP contribution >= 0.6 is 0 Å². The van der Waals surface area contributed by atoms with E-state index in [0.29, 0.717) is 11.4 Å². The fraction of sp³-hybridized carbons (Fsp3) is 0.231. The van der Waals surface area contributed by atoms with Crippen LogP contribution in [0.15, 0.2) is 42.1 Å². The number of para-hydroxylation sites is 1. The number of hydrogen-bond donors (Lipinski definition) is 2. The van der Waals surface area contributed by atoms with Crippen molar-refractivity contribution in [1.29, 1.82) is 0 Å². The maximum Gasteiger partial charge on any atom is 0.332 e. The summed E-state index contributed by atoms with van der Waals surface area (Å²) in [6.07, 6.45) is 1.16. The van der Waals surface area contributed by atoms with E-state index in [1.807, 2.05) is 18.2 Å². The molecule has 0 spiro atoms. The summed E-state index contributed by atoms with van der Waals surface area (Å²) >= 11 is 0. The molecule has 0 unspecified atom stereocenters. The normalized spacial score (nSPS) is 10.7. The minimum atomic E-state index is -1.03. The number of esters is 1. The van der Waals surface area contributed by atoms with Gasteiger partial charge in [0.25, 0.3) is 0 Å². The van der Waals surface area contributed by atoms with Gasteiger partial charge in [0.05, 0.1) is 12.8 Å². The summed E-state index contributed by atoms with van der Waals surface area (Å²) in [6.45, 7) is -0.257. The molecule has 0 saturated heterocycles. The lowest BCUT2D eigenvalue weighted by Crippen LogP contribution is -2.26. The van der Waals surface area contributed by atoms with Gasteiger partial charge in [-0.3, -0.25) is 4.79 Å². The Hall–Kier alpha value is -2.50. The summed E-state index contributed by atoms with van der Waals surface area (Å²) in [5, 5.41) is 11.2. The SMILES string of the molecule is COC(=O)/C=C(/COc1ccccc1)NCC(=O)O. The van der Waals surface area contributed by atoms with Crippen LogP contribution < -0.4 is 10.1 Å². The molecule has 19 heavy (non-hydrogen) atoms. The third kappa shape index (κ3) is 6.11. The Morgan fingerprint density at radius 3 is 2.58 bits per heavy atom. The molecule has 0 amide bonds. The van der Waals surface area contributed by atoms with Gasteiger partial charge in [-0.05, 0) is 12.1 Å². The van der Waals surface area contributed by atoms with Gasteiger partial charge in [-0.1, -0.05) is 18.2 Å². The lowest BCUT2D eigenvalue weighted by molar-refractivity contribution is -0.136. The zero-order chi connectivity index (χ0) is 14.1. The molecule has 0 saturated carbocycles. The van der Waals surface area contributed by atoms with E-state index in [1.54, 1.807) is 12.1 Å². The Bertz CT molecular complexity index is 455. The van der Waals surface area contributed by atoms with Gasteiger partial charge < -0.3 is 19.9 Å². The predicted octanol–water partition coefficient (Wildman–Crippen LogP) is 0.796. The summed E-state index contributed by atoms with van der Waals surface area (Å²) < 4.78 is 9.90. The average Bonchev–Trinajstić information content (AvgIpc) is 2.42. The number of carboxylic acid groups (broad SMARTS) is 1. The topological polar surface area (TPSA) is 84.9 Å². The molecule has 6 nitrogen and oxygen atoms in total. The monoisotopic (exact) mass is 265 g/mol.